The summed E-state index contributed by atoms with van der Waals surface area (Å²) in [6, 6.07) is 6.94. The molecule has 0 aliphatic carbocycles. The first-order valence-corrected chi connectivity index (χ1v) is 11.6. The van der Waals surface area contributed by atoms with Crippen LogP contribution in [0.3, 0.4) is 0 Å². The van der Waals surface area contributed by atoms with E-state index in [2.05, 4.69) is 10.1 Å². The standard InChI is InChI=1S/C26H25F3N4O3/c1-16-14-32(15-30-16)22-6-5-17(11-23(22)35-2)10-18-4-3-8-33-25(18)31-36-26(33,7-9-34)24-20(28)12-19(27)13-21(24)29/h5-6,10-15,34H,3-4,7-9H2,1-2H3/b18-10+. The maximum absolute atomic E-state index is 14.8. The zero-order valence-corrected chi connectivity index (χ0v) is 19.8. The number of fused-ring (bicyclic) bond motifs is 1. The number of imidazole rings is 1. The number of amidine groups is 1. The third-order valence-electron chi connectivity index (χ3n) is 6.47. The van der Waals surface area contributed by atoms with Crippen LogP contribution in [0.25, 0.3) is 11.8 Å². The predicted octanol–water partition coefficient (Wildman–Crippen LogP) is 4.66. The van der Waals surface area contributed by atoms with E-state index in [1.165, 1.54) is 0 Å². The van der Waals surface area contributed by atoms with Gasteiger partial charge in [0.05, 0.1) is 30.4 Å². The number of hydrogen-bond acceptors (Lipinski definition) is 6. The normalized spacial score (nSPS) is 20.3. The molecule has 1 saturated heterocycles. The summed E-state index contributed by atoms with van der Waals surface area (Å²) in [5.74, 6) is -2.16. The molecule has 7 nitrogen and oxygen atoms in total. The monoisotopic (exact) mass is 498 g/mol. The summed E-state index contributed by atoms with van der Waals surface area (Å²) in [6.07, 6.45) is 6.70. The Morgan fingerprint density at radius 3 is 2.64 bits per heavy atom. The minimum absolute atomic E-state index is 0.153. The number of nitrogens with zero attached hydrogens (tertiary/aromatic N) is 4. The Kier molecular flexibility index (Phi) is 6.21. The van der Waals surface area contributed by atoms with Crippen molar-refractivity contribution in [2.75, 3.05) is 20.3 Å². The van der Waals surface area contributed by atoms with Crippen LogP contribution in [0, 0.1) is 24.4 Å². The largest absolute Gasteiger partial charge is 0.495 e. The van der Waals surface area contributed by atoms with Gasteiger partial charge in [0.15, 0.2) is 5.84 Å². The van der Waals surface area contributed by atoms with E-state index in [1.54, 1.807) is 18.3 Å². The second-order valence-electron chi connectivity index (χ2n) is 8.79. The fourth-order valence-corrected chi connectivity index (χ4v) is 4.89. The Hall–Kier alpha value is -3.79. The van der Waals surface area contributed by atoms with E-state index < -0.39 is 35.3 Å². The van der Waals surface area contributed by atoms with Gasteiger partial charge in [0.1, 0.15) is 23.2 Å². The molecule has 10 heteroatoms. The zero-order chi connectivity index (χ0) is 25.4. The summed E-state index contributed by atoms with van der Waals surface area (Å²) in [5, 5.41) is 13.9. The molecule has 1 N–H and O–H groups in total. The van der Waals surface area contributed by atoms with E-state index in [0.29, 0.717) is 43.1 Å². The Balaban J connectivity index is 1.51. The van der Waals surface area contributed by atoms with Gasteiger partial charge in [-0.15, -0.1) is 0 Å². The number of aliphatic hydroxyl groups excluding tert-OH is 1. The zero-order valence-electron chi connectivity index (χ0n) is 19.8. The topological polar surface area (TPSA) is 72.1 Å². The van der Waals surface area contributed by atoms with Crippen molar-refractivity contribution < 1.29 is 27.9 Å². The third-order valence-corrected chi connectivity index (χ3v) is 6.47. The lowest BCUT2D eigenvalue weighted by atomic mass is 9.91. The van der Waals surface area contributed by atoms with E-state index in [-0.39, 0.29) is 6.42 Å². The van der Waals surface area contributed by atoms with Gasteiger partial charge in [0, 0.05) is 37.9 Å². The molecule has 36 heavy (non-hydrogen) atoms. The van der Waals surface area contributed by atoms with Crippen LogP contribution in [-0.4, -0.2) is 45.7 Å². The second kappa shape index (κ2) is 9.34. The molecule has 3 heterocycles. The number of aryl methyl sites for hydroxylation is 1. The number of benzene rings is 2. The van der Waals surface area contributed by atoms with Crippen molar-refractivity contribution in [1.29, 1.82) is 0 Å². The molecule has 3 aromatic rings. The Morgan fingerprint density at radius 2 is 1.97 bits per heavy atom. The first-order valence-electron chi connectivity index (χ1n) is 11.6. The summed E-state index contributed by atoms with van der Waals surface area (Å²) < 4.78 is 50.8. The van der Waals surface area contributed by atoms with Crippen molar-refractivity contribution in [2.45, 2.75) is 31.9 Å². The smallest absolute Gasteiger partial charge is 0.245 e. The van der Waals surface area contributed by atoms with Crippen molar-refractivity contribution in [3.8, 4) is 11.4 Å². The lowest BCUT2D eigenvalue weighted by molar-refractivity contribution is -0.124. The fourth-order valence-electron chi connectivity index (χ4n) is 4.89. The molecular formula is C26H25F3N4O3. The van der Waals surface area contributed by atoms with Gasteiger partial charge in [-0.3, -0.25) is 0 Å². The van der Waals surface area contributed by atoms with Crippen LogP contribution in [0.2, 0.25) is 0 Å². The number of rotatable bonds is 6. The van der Waals surface area contributed by atoms with E-state index in [4.69, 9.17) is 9.57 Å². The van der Waals surface area contributed by atoms with Gasteiger partial charge in [-0.1, -0.05) is 11.2 Å². The highest BCUT2D eigenvalue weighted by molar-refractivity contribution is 6.03. The highest BCUT2D eigenvalue weighted by atomic mass is 19.1. The van der Waals surface area contributed by atoms with Crippen molar-refractivity contribution in [3.05, 3.63) is 82.7 Å². The number of halogens is 3. The maximum atomic E-state index is 14.8. The number of aromatic nitrogens is 2. The van der Waals surface area contributed by atoms with Crippen molar-refractivity contribution in [1.82, 2.24) is 14.5 Å². The van der Waals surface area contributed by atoms with Crippen molar-refractivity contribution in [3.63, 3.8) is 0 Å². The molecule has 0 saturated carbocycles. The molecule has 0 amide bonds. The number of piperidine rings is 1. The number of oxime groups is 1. The molecule has 0 spiro atoms. The highest BCUT2D eigenvalue weighted by Gasteiger charge is 2.52. The molecule has 1 fully saturated rings. The second-order valence-corrected chi connectivity index (χ2v) is 8.79. The average molecular weight is 499 g/mol. The van der Waals surface area contributed by atoms with Crippen LogP contribution < -0.4 is 4.74 Å². The maximum Gasteiger partial charge on any atom is 0.245 e. The van der Waals surface area contributed by atoms with Crippen molar-refractivity contribution >= 4 is 11.9 Å². The molecule has 0 bridgehead atoms. The van der Waals surface area contributed by atoms with Gasteiger partial charge in [-0.05, 0) is 49.1 Å². The van der Waals surface area contributed by atoms with Crippen LogP contribution in [-0.2, 0) is 10.6 Å². The SMILES string of the molecule is COc1cc(/C=C2\CCCN3C2=NOC3(CCO)c2c(F)cc(F)cc2F)ccc1-n1cnc(C)c1. The van der Waals surface area contributed by atoms with Crippen LogP contribution in [0.5, 0.6) is 5.75 Å². The van der Waals surface area contributed by atoms with Gasteiger partial charge in [0.2, 0.25) is 5.72 Å². The van der Waals surface area contributed by atoms with Crippen LogP contribution in [0.15, 0.2) is 53.6 Å². The summed E-state index contributed by atoms with van der Waals surface area (Å²) >= 11 is 0. The summed E-state index contributed by atoms with van der Waals surface area (Å²) in [4.78, 5) is 11.6. The molecule has 1 atom stereocenters. The fraction of sp³-hybridized carbons (Fsp3) is 0.308. The van der Waals surface area contributed by atoms with Gasteiger partial charge >= 0.3 is 0 Å². The third kappa shape index (κ3) is 4.01. The minimum Gasteiger partial charge on any atom is -0.495 e. The number of ether oxygens (including phenoxy) is 1. The summed E-state index contributed by atoms with van der Waals surface area (Å²) in [7, 11) is 1.59. The quantitative estimate of drug-likeness (QED) is 0.535. The van der Waals surface area contributed by atoms with Gasteiger partial charge < -0.3 is 24.1 Å². The lowest BCUT2D eigenvalue weighted by Crippen LogP contribution is -2.50. The molecule has 0 radical (unpaired) electrons. The van der Waals surface area contributed by atoms with Crippen LogP contribution in [0.4, 0.5) is 13.2 Å². The molecule has 2 aliphatic heterocycles. The minimum atomic E-state index is -1.72. The Labute approximate surface area is 206 Å². The van der Waals surface area contributed by atoms with E-state index in [9.17, 15) is 18.3 Å². The summed E-state index contributed by atoms with van der Waals surface area (Å²) in [5.41, 5.74) is 1.16. The van der Waals surface area contributed by atoms with E-state index in [1.807, 2.05) is 42.0 Å². The van der Waals surface area contributed by atoms with Crippen molar-refractivity contribution in [2.24, 2.45) is 5.16 Å². The highest BCUT2D eigenvalue weighted by Crippen LogP contribution is 2.44. The first-order chi connectivity index (χ1) is 17.4. The molecule has 1 aromatic heterocycles. The summed E-state index contributed by atoms with van der Waals surface area (Å²) in [6.45, 7) is 1.89. The predicted molar refractivity (Wildman–Crippen MR) is 127 cm³/mol. The number of methoxy groups -OCH3 is 1. The lowest BCUT2D eigenvalue weighted by Gasteiger charge is -2.40. The molecule has 188 valence electrons. The number of hydrogen-bond donors (Lipinski definition) is 1. The van der Waals surface area contributed by atoms with Gasteiger partial charge in [0.25, 0.3) is 0 Å². The van der Waals surface area contributed by atoms with E-state index >= 15 is 0 Å². The van der Waals surface area contributed by atoms with Gasteiger partial charge in [-0.25, -0.2) is 18.2 Å². The first kappa shape index (κ1) is 23.9. The average Bonchev–Trinajstić information content (AvgIpc) is 3.43. The molecule has 2 aromatic carbocycles. The van der Waals surface area contributed by atoms with Crippen LogP contribution >= 0.6 is 0 Å². The Morgan fingerprint density at radius 1 is 1.19 bits per heavy atom. The molecule has 1 unspecified atom stereocenters. The number of aliphatic hydroxyl groups is 1. The van der Waals surface area contributed by atoms with E-state index in [0.717, 1.165) is 22.5 Å². The van der Waals surface area contributed by atoms with Crippen LogP contribution in [0.1, 0.15) is 36.1 Å². The van der Waals surface area contributed by atoms with Gasteiger partial charge in [-0.2, -0.15) is 0 Å². The molecule has 5 rings (SSSR count). The molecular weight excluding hydrogens is 473 g/mol. The molecule has 2 aliphatic rings. The Bertz CT molecular complexity index is 1350.